The van der Waals surface area contributed by atoms with Crippen molar-refractivity contribution < 1.29 is 27.4 Å². The molecule has 1 rings (SSSR count). The lowest BCUT2D eigenvalue weighted by Gasteiger charge is -2.09. The lowest BCUT2D eigenvalue weighted by atomic mass is 10.2. The number of hydrogen-bond acceptors (Lipinski definition) is 3. The van der Waals surface area contributed by atoms with E-state index < -0.39 is 6.36 Å². The third-order valence-corrected chi connectivity index (χ3v) is 2.74. The Morgan fingerprint density at radius 2 is 1.77 bits per heavy atom. The first-order valence-corrected chi connectivity index (χ1v) is 7.14. The molecular formula is C15H20F3NO3. The molecule has 7 heteroatoms. The van der Waals surface area contributed by atoms with Crippen LogP contribution in [0.1, 0.15) is 36.5 Å². The van der Waals surface area contributed by atoms with E-state index in [0.29, 0.717) is 26.2 Å². The average molecular weight is 319 g/mol. The number of carbonyl (C=O) groups is 1. The van der Waals surface area contributed by atoms with Gasteiger partial charge in [0.15, 0.2) is 0 Å². The van der Waals surface area contributed by atoms with Crippen LogP contribution in [-0.4, -0.2) is 32.0 Å². The zero-order valence-corrected chi connectivity index (χ0v) is 12.4. The van der Waals surface area contributed by atoms with Crippen molar-refractivity contribution in [2.45, 2.75) is 32.5 Å². The third kappa shape index (κ3) is 7.87. The molecule has 1 aromatic rings. The van der Waals surface area contributed by atoms with Gasteiger partial charge in [-0.05, 0) is 37.1 Å². The molecule has 0 heterocycles. The number of alkyl halides is 3. The number of amides is 1. The number of hydrogen-bond donors (Lipinski definition) is 1. The molecule has 0 atom stereocenters. The monoisotopic (exact) mass is 319 g/mol. The summed E-state index contributed by atoms with van der Waals surface area (Å²) in [6, 6.07) is 4.79. The molecule has 0 aliphatic carbocycles. The van der Waals surface area contributed by atoms with Crippen molar-refractivity contribution in [2.24, 2.45) is 0 Å². The lowest BCUT2D eigenvalue weighted by molar-refractivity contribution is -0.274. The quantitative estimate of drug-likeness (QED) is 0.709. The summed E-state index contributed by atoms with van der Waals surface area (Å²) < 4.78 is 45.1. The largest absolute Gasteiger partial charge is 0.573 e. The van der Waals surface area contributed by atoms with Crippen molar-refractivity contribution in [1.82, 2.24) is 5.32 Å². The number of benzene rings is 1. The highest BCUT2D eigenvalue weighted by Crippen LogP contribution is 2.22. The normalized spacial score (nSPS) is 11.3. The van der Waals surface area contributed by atoms with E-state index >= 15 is 0 Å². The van der Waals surface area contributed by atoms with Crippen molar-refractivity contribution in [3.63, 3.8) is 0 Å². The van der Waals surface area contributed by atoms with Gasteiger partial charge in [0.2, 0.25) is 0 Å². The molecule has 22 heavy (non-hydrogen) atoms. The molecule has 0 spiro atoms. The van der Waals surface area contributed by atoms with Gasteiger partial charge in [-0.1, -0.05) is 13.3 Å². The van der Waals surface area contributed by atoms with Crippen LogP contribution < -0.4 is 10.1 Å². The predicted molar refractivity (Wildman–Crippen MR) is 75.8 cm³/mol. The van der Waals surface area contributed by atoms with Gasteiger partial charge in [-0.3, -0.25) is 4.79 Å². The van der Waals surface area contributed by atoms with E-state index in [0.717, 1.165) is 25.0 Å². The van der Waals surface area contributed by atoms with E-state index in [1.54, 1.807) is 0 Å². The van der Waals surface area contributed by atoms with E-state index in [4.69, 9.17) is 4.74 Å². The zero-order valence-electron chi connectivity index (χ0n) is 12.4. The third-order valence-electron chi connectivity index (χ3n) is 2.74. The number of nitrogens with one attached hydrogen (secondary N) is 1. The minimum atomic E-state index is -4.73. The summed E-state index contributed by atoms with van der Waals surface area (Å²) in [5.74, 6) is -0.694. The van der Waals surface area contributed by atoms with Crippen LogP contribution >= 0.6 is 0 Å². The van der Waals surface area contributed by atoms with Gasteiger partial charge in [0.05, 0.1) is 0 Å². The molecule has 1 aromatic carbocycles. The molecule has 0 bridgehead atoms. The molecule has 0 unspecified atom stereocenters. The van der Waals surface area contributed by atoms with Gasteiger partial charge in [-0.25, -0.2) is 0 Å². The second-order valence-corrected chi connectivity index (χ2v) is 4.65. The molecule has 1 amide bonds. The van der Waals surface area contributed by atoms with E-state index in [9.17, 15) is 18.0 Å². The predicted octanol–water partition coefficient (Wildman–Crippen LogP) is 3.52. The minimum absolute atomic E-state index is 0.279. The van der Waals surface area contributed by atoms with Gasteiger partial charge >= 0.3 is 6.36 Å². The van der Waals surface area contributed by atoms with Gasteiger partial charge in [0.25, 0.3) is 5.91 Å². The first-order valence-electron chi connectivity index (χ1n) is 7.14. The maximum atomic E-state index is 12.0. The van der Waals surface area contributed by atoms with Crippen molar-refractivity contribution in [2.75, 3.05) is 19.8 Å². The Balaban J connectivity index is 2.28. The summed E-state index contributed by atoms with van der Waals surface area (Å²) in [5.41, 5.74) is 0.279. The fraction of sp³-hybridized carbons (Fsp3) is 0.533. The highest BCUT2D eigenvalue weighted by atomic mass is 19.4. The summed E-state index contributed by atoms with van der Waals surface area (Å²) in [7, 11) is 0. The van der Waals surface area contributed by atoms with Crippen molar-refractivity contribution in [1.29, 1.82) is 0 Å². The van der Waals surface area contributed by atoms with Crippen LogP contribution in [0, 0.1) is 0 Å². The topological polar surface area (TPSA) is 47.6 Å². The second-order valence-electron chi connectivity index (χ2n) is 4.65. The van der Waals surface area contributed by atoms with Gasteiger partial charge in [-0.2, -0.15) is 0 Å². The Morgan fingerprint density at radius 1 is 1.14 bits per heavy atom. The molecular weight excluding hydrogens is 299 g/mol. The summed E-state index contributed by atoms with van der Waals surface area (Å²) in [4.78, 5) is 11.8. The van der Waals surface area contributed by atoms with Crippen molar-refractivity contribution in [3.8, 4) is 5.75 Å². The van der Waals surface area contributed by atoms with E-state index in [-0.39, 0.29) is 17.2 Å². The Labute approximate surface area is 127 Å². The maximum Gasteiger partial charge on any atom is 0.573 e. The van der Waals surface area contributed by atoms with E-state index in [1.165, 1.54) is 12.1 Å². The molecule has 0 radical (unpaired) electrons. The van der Waals surface area contributed by atoms with Gasteiger partial charge in [0.1, 0.15) is 5.75 Å². The van der Waals surface area contributed by atoms with Crippen LogP contribution in [0.2, 0.25) is 0 Å². The first kappa shape index (κ1) is 18.3. The van der Waals surface area contributed by atoms with Crippen LogP contribution in [0.4, 0.5) is 13.2 Å². The molecule has 0 saturated heterocycles. The van der Waals surface area contributed by atoms with Crippen molar-refractivity contribution in [3.05, 3.63) is 29.8 Å². The molecule has 0 aliphatic rings. The highest BCUT2D eigenvalue weighted by Gasteiger charge is 2.31. The fourth-order valence-electron chi connectivity index (χ4n) is 1.63. The fourth-order valence-corrected chi connectivity index (χ4v) is 1.63. The standard InChI is InChI=1S/C15H20F3NO3/c1-2-3-10-21-11-4-9-19-14(20)12-5-7-13(8-6-12)22-15(16,17)18/h5-8H,2-4,9-11H2,1H3,(H,19,20). The highest BCUT2D eigenvalue weighted by molar-refractivity contribution is 5.94. The van der Waals surface area contributed by atoms with Crippen LogP contribution in [0.5, 0.6) is 5.75 Å². The smallest absolute Gasteiger partial charge is 0.406 e. The Bertz CT molecular complexity index is 446. The molecule has 124 valence electrons. The zero-order chi connectivity index (χ0) is 16.4. The van der Waals surface area contributed by atoms with Crippen LogP contribution in [0.15, 0.2) is 24.3 Å². The molecule has 1 N–H and O–H groups in total. The summed E-state index contributed by atoms with van der Waals surface area (Å²) >= 11 is 0. The maximum absolute atomic E-state index is 12.0. The summed E-state index contributed by atoms with van der Waals surface area (Å²) in [6.07, 6.45) is -1.96. The van der Waals surface area contributed by atoms with Crippen LogP contribution in [0.3, 0.4) is 0 Å². The number of rotatable bonds is 9. The van der Waals surface area contributed by atoms with Crippen LogP contribution in [-0.2, 0) is 4.74 Å². The van der Waals surface area contributed by atoms with E-state index in [1.807, 2.05) is 0 Å². The SMILES string of the molecule is CCCCOCCCNC(=O)c1ccc(OC(F)(F)F)cc1. The number of carbonyl (C=O) groups excluding carboxylic acids is 1. The summed E-state index contributed by atoms with van der Waals surface area (Å²) in [5, 5.41) is 2.68. The molecule has 0 aromatic heterocycles. The number of unbranched alkanes of at least 4 members (excludes halogenated alkanes) is 1. The van der Waals surface area contributed by atoms with Gasteiger partial charge in [0, 0.05) is 25.3 Å². The van der Waals surface area contributed by atoms with E-state index in [2.05, 4.69) is 17.0 Å². The van der Waals surface area contributed by atoms with Gasteiger partial charge in [-0.15, -0.1) is 13.2 Å². The van der Waals surface area contributed by atoms with Crippen molar-refractivity contribution >= 4 is 5.91 Å². The Hall–Kier alpha value is -1.76. The molecule has 4 nitrogen and oxygen atoms in total. The Kier molecular flexibility index (Phi) is 7.73. The lowest BCUT2D eigenvalue weighted by Crippen LogP contribution is -2.25. The molecule has 0 saturated carbocycles. The minimum Gasteiger partial charge on any atom is -0.406 e. The second kappa shape index (κ2) is 9.30. The molecule has 0 fully saturated rings. The van der Waals surface area contributed by atoms with Gasteiger partial charge < -0.3 is 14.8 Å². The number of halogens is 3. The summed E-state index contributed by atoms with van der Waals surface area (Å²) in [6.45, 7) is 3.81. The average Bonchev–Trinajstić information content (AvgIpc) is 2.45. The number of ether oxygens (including phenoxy) is 2. The first-order chi connectivity index (χ1) is 10.4. The van der Waals surface area contributed by atoms with Crippen LogP contribution in [0.25, 0.3) is 0 Å². The Morgan fingerprint density at radius 3 is 2.36 bits per heavy atom. The molecule has 0 aliphatic heterocycles.